The Morgan fingerprint density at radius 1 is 1.14 bits per heavy atom. The van der Waals surface area contributed by atoms with E-state index in [1.807, 2.05) is 72.6 Å². The van der Waals surface area contributed by atoms with E-state index in [1.54, 1.807) is 4.68 Å². The molecule has 2 aromatic carbocycles. The molecule has 1 saturated heterocycles. The lowest BCUT2D eigenvalue weighted by Gasteiger charge is -2.22. The van der Waals surface area contributed by atoms with Gasteiger partial charge in [-0.3, -0.25) is 4.79 Å². The van der Waals surface area contributed by atoms with E-state index in [4.69, 9.17) is 10.8 Å². The van der Waals surface area contributed by atoms with Crippen molar-refractivity contribution in [2.75, 3.05) is 19.6 Å². The number of para-hydroxylation sites is 1. The molecule has 1 aromatic heterocycles. The van der Waals surface area contributed by atoms with Crippen molar-refractivity contribution in [3.05, 3.63) is 71.9 Å². The summed E-state index contributed by atoms with van der Waals surface area (Å²) >= 11 is 0. The summed E-state index contributed by atoms with van der Waals surface area (Å²) < 4.78 is 1.80. The van der Waals surface area contributed by atoms with Crippen molar-refractivity contribution < 1.29 is 4.79 Å². The summed E-state index contributed by atoms with van der Waals surface area (Å²) in [6.45, 7) is 6.20. The van der Waals surface area contributed by atoms with E-state index in [9.17, 15) is 4.79 Å². The molecule has 0 bridgehead atoms. The van der Waals surface area contributed by atoms with Crippen molar-refractivity contribution in [3.63, 3.8) is 0 Å². The number of benzene rings is 2. The summed E-state index contributed by atoms with van der Waals surface area (Å²) in [4.78, 5) is 15.4. The van der Waals surface area contributed by atoms with Crippen LogP contribution in [0.3, 0.4) is 0 Å². The predicted molar refractivity (Wildman–Crippen MR) is 119 cm³/mol. The Morgan fingerprint density at radius 2 is 1.83 bits per heavy atom. The van der Waals surface area contributed by atoms with Crippen LogP contribution in [0.2, 0.25) is 0 Å². The Balaban J connectivity index is 0.00000240. The number of aryl methyl sites for hydroxylation is 1. The van der Waals surface area contributed by atoms with Crippen molar-refractivity contribution in [3.8, 4) is 16.9 Å². The number of carbonyl (C=O) groups is 1. The molecule has 2 heterocycles. The van der Waals surface area contributed by atoms with Crippen LogP contribution in [0.25, 0.3) is 16.9 Å². The highest BCUT2D eigenvalue weighted by atomic mass is 35.5. The normalized spacial score (nSPS) is 18.5. The Hall–Kier alpha value is -2.63. The molecule has 152 valence electrons. The van der Waals surface area contributed by atoms with Crippen LogP contribution in [-0.4, -0.2) is 40.2 Å². The molecule has 1 fully saturated rings. The van der Waals surface area contributed by atoms with Crippen LogP contribution in [0.15, 0.2) is 60.8 Å². The monoisotopic (exact) mass is 410 g/mol. The van der Waals surface area contributed by atoms with Crippen LogP contribution < -0.4 is 5.73 Å². The zero-order valence-electron chi connectivity index (χ0n) is 16.8. The molecule has 1 amide bonds. The first-order chi connectivity index (χ1) is 13.5. The van der Waals surface area contributed by atoms with Crippen molar-refractivity contribution in [2.45, 2.75) is 20.3 Å². The van der Waals surface area contributed by atoms with Crippen LogP contribution in [-0.2, 0) is 0 Å². The van der Waals surface area contributed by atoms with Crippen molar-refractivity contribution in [1.82, 2.24) is 14.7 Å². The zero-order valence-corrected chi connectivity index (χ0v) is 17.7. The maximum Gasteiger partial charge on any atom is 0.257 e. The van der Waals surface area contributed by atoms with Gasteiger partial charge in [-0.15, -0.1) is 12.4 Å². The molecular weight excluding hydrogens is 384 g/mol. The largest absolute Gasteiger partial charge is 0.338 e. The van der Waals surface area contributed by atoms with Crippen LogP contribution in [0.5, 0.6) is 0 Å². The summed E-state index contributed by atoms with van der Waals surface area (Å²) in [5.41, 5.74) is 10.3. The molecule has 0 aliphatic carbocycles. The van der Waals surface area contributed by atoms with E-state index in [2.05, 4.69) is 6.92 Å². The minimum Gasteiger partial charge on any atom is -0.338 e. The van der Waals surface area contributed by atoms with Gasteiger partial charge < -0.3 is 10.6 Å². The topological polar surface area (TPSA) is 64.2 Å². The lowest BCUT2D eigenvalue weighted by molar-refractivity contribution is 0.0777. The molecule has 0 saturated carbocycles. The molecule has 1 unspecified atom stereocenters. The average molecular weight is 411 g/mol. The van der Waals surface area contributed by atoms with Crippen LogP contribution in [0.4, 0.5) is 0 Å². The number of halogens is 1. The second-order valence-corrected chi connectivity index (χ2v) is 7.98. The molecule has 29 heavy (non-hydrogen) atoms. The zero-order chi connectivity index (χ0) is 19.7. The Morgan fingerprint density at radius 3 is 2.48 bits per heavy atom. The molecule has 4 rings (SSSR count). The number of carbonyl (C=O) groups excluding carboxylic acids is 1. The van der Waals surface area contributed by atoms with Gasteiger partial charge in [-0.05, 0) is 43.0 Å². The van der Waals surface area contributed by atoms with Gasteiger partial charge in [0.2, 0.25) is 0 Å². The Labute approximate surface area is 177 Å². The highest BCUT2D eigenvalue weighted by Gasteiger charge is 2.36. The third-order valence-electron chi connectivity index (χ3n) is 5.70. The van der Waals surface area contributed by atoms with Crippen molar-refractivity contribution in [1.29, 1.82) is 0 Å². The van der Waals surface area contributed by atoms with Gasteiger partial charge >= 0.3 is 0 Å². The Kier molecular flexibility index (Phi) is 6.10. The molecule has 3 aromatic rings. The Bertz CT molecular complexity index is 1000. The maximum atomic E-state index is 13.4. The third kappa shape index (κ3) is 4.07. The fraction of sp³-hybridized carbons (Fsp3) is 0.304. The number of hydrogen-bond acceptors (Lipinski definition) is 3. The number of hydrogen-bond donors (Lipinski definition) is 1. The summed E-state index contributed by atoms with van der Waals surface area (Å²) in [5.74, 6) is 0.0256. The third-order valence-corrected chi connectivity index (χ3v) is 5.70. The fourth-order valence-electron chi connectivity index (χ4n) is 3.82. The van der Waals surface area contributed by atoms with Crippen LogP contribution in [0, 0.1) is 12.3 Å². The van der Waals surface area contributed by atoms with Gasteiger partial charge in [0.25, 0.3) is 5.91 Å². The number of nitrogens with zero attached hydrogens (tertiary/aromatic N) is 3. The van der Waals surface area contributed by atoms with Gasteiger partial charge in [0.1, 0.15) is 5.69 Å². The average Bonchev–Trinajstić information content (AvgIpc) is 3.34. The molecule has 1 aliphatic rings. The minimum atomic E-state index is -0.00604. The first-order valence-electron chi connectivity index (χ1n) is 9.71. The van der Waals surface area contributed by atoms with E-state index >= 15 is 0 Å². The van der Waals surface area contributed by atoms with Gasteiger partial charge in [-0.2, -0.15) is 5.10 Å². The minimum absolute atomic E-state index is 0. The summed E-state index contributed by atoms with van der Waals surface area (Å²) in [5, 5.41) is 4.80. The molecule has 0 radical (unpaired) electrons. The fourth-order valence-corrected chi connectivity index (χ4v) is 3.82. The molecule has 2 N–H and O–H groups in total. The summed E-state index contributed by atoms with van der Waals surface area (Å²) in [6.07, 6.45) is 2.79. The second-order valence-electron chi connectivity index (χ2n) is 7.98. The highest BCUT2D eigenvalue weighted by Crippen LogP contribution is 2.32. The van der Waals surface area contributed by atoms with Gasteiger partial charge in [0.15, 0.2) is 0 Å². The van der Waals surface area contributed by atoms with Crippen molar-refractivity contribution >= 4 is 18.3 Å². The molecule has 1 aliphatic heterocycles. The summed E-state index contributed by atoms with van der Waals surface area (Å²) in [6, 6.07) is 18.0. The molecule has 6 heteroatoms. The smallest absolute Gasteiger partial charge is 0.257 e. The van der Waals surface area contributed by atoms with Gasteiger partial charge in [-0.1, -0.05) is 49.4 Å². The van der Waals surface area contributed by atoms with Crippen LogP contribution in [0.1, 0.15) is 29.3 Å². The maximum absolute atomic E-state index is 13.4. The molecular formula is C23H27ClN4O. The number of rotatable bonds is 4. The lowest BCUT2D eigenvalue weighted by atomic mass is 9.90. The van der Waals surface area contributed by atoms with Gasteiger partial charge in [0, 0.05) is 24.8 Å². The second kappa shape index (κ2) is 8.39. The lowest BCUT2D eigenvalue weighted by Crippen LogP contribution is -2.34. The van der Waals surface area contributed by atoms with Crippen molar-refractivity contribution in [2.24, 2.45) is 11.1 Å². The number of likely N-dealkylation sites (tertiary alicyclic amines) is 1. The number of amides is 1. The van der Waals surface area contributed by atoms with E-state index in [0.717, 1.165) is 35.5 Å². The van der Waals surface area contributed by atoms with E-state index in [1.165, 1.54) is 0 Å². The van der Waals surface area contributed by atoms with E-state index in [-0.39, 0.29) is 23.7 Å². The van der Waals surface area contributed by atoms with Crippen LogP contribution >= 0.6 is 12.4 Å². The SMILES string of the molecule is Cc1ccccc1-c1nn(-c2ccccc2)cc1C(=O)N1CCC(C)(CN)C1.Cl. The van der Waals surface area contributed by atoms with Gasteiger partial charge in [0.05, 0.1) is 11.3 Å². The van der Waals surface area contributed by atoms with E-state index < -0.39 is 0 Å². The van der Waals surface area contributed by atoms with Gasteiger partial charge in [-0.25, -0.2) is 4.68 Å². The summed E-state index contributed by atoms with van der Waals surface area (Å²) in [7, 11) is 0. The number of nitrogens with two attached hydrogens (primary N) is 1. The molecule has 0 spiro atoms. The highest BCUT2D eigenvalue weighted by molar-refractivity contribution is 6.00. The molecule has 1 atom stereocenters. The van der Waals surface area contributed by atoms with E-state index in [0.29, 0.717) is 18.7 Å². The molecule has 5 nitrogen and oxygen atoms in total. The standard InChI is InChI=1S/C23H26N4O.ClH/c1-17-8-6-7-11-19(17)21-20(14-27(25-21)18-9-4-3-5-10-18)22(28)26-13-12-23(2,15-24)16-26;/h3-11,14H,12-13,15-16,24H2,1-2H3;1H. The predicted octanol–water partition coefficient (Wildman–Crippen LogP) is 4.08. The number of aromatic nitrogens is 2. The first kappa shape index (κ1) is 21.1. The quantitative estimate of drug-likeness (QED) is 0.704. The first-order valence-corrected chi connectivity index (χ1v) is 9.71.